The van der Waals surface area contributed by atoms with Crippen LogP contribution in [0.25, 0.3) is 0 Å². The highest BCUT2D eigenvalue weighted by Crippen LogP contribution is 2.42. The van der Waals surface area contributed by atoms with Gasteiger partial charge in [-0.3, -0.25) is 0 Å². The Hall–Kier alpha value is 1.51. The number of hydrogen-bond donors (Lipinski definition) is 0. The maximum absolute atomic E-state index is 5.71. The van der Waals surface area contributed by atoms with Gasteiger partial charge in [0.25, 0.3) is 0 Å². The van der Waals surface area contributed by atoms with Gasteiger partial charge in [0, 0.05) is 0 Å². The Labute approximate surface area is 85.5 Å². The molecular formula is C5H8Cl4S. The first-order valence-electron chi connectivity index (χ1n) is 2.80. The van der Waals surface area contributed by atoms with Crippen molar-refractivity contribution < 1.29 is 0 Å². The molecule has 0 N–H and O–H groups in total. The highest BCUT2D eigenvalue weighted by Gasteiger charge is 2.31. The van der Waals surface area contributed by atoms with E-state index in [9.17, 15) is 0 Å². The topological polar surface area (TPSA) is 0 Å². The van der Waals surface area contributed by atoms with Crippen LogP contribution in [0.2, 0.25) is 0 Å². The first-order chi connectivity index (χ1) is 4.50. The molecule has 0 aromatic carbocycles. The first kappa shape index (κ1) is 11.5. The molecule has 0 rings (SSSR count). The van der Waals surface area contributed by atoms with Crippen LogP contribution in [0.15, 0.2) is 0 Å². The molecule has 0 aliphatic heterocycles. The van der Waals surface area contributed by atoms with Gasteiger partial charge in [-0.2, -0.15) is 0 Å². The van der Waals surface area contributed by atoms with E-state index in [0.717, 1.165) is 12.2 Å². The van der Waals surface area contributed by atoms with Crippen molar-refractivity contribution >= 4 is 58.2 Å². The summed E-state index contributed by atoms with van der Waals surface area (Å²) in [6, 6.07) is 0. The average Bonchev–Trinajstić information content (AvgIpc) is 1.84. The number of thioether (sulfide) groups is 1. The molecule has 0 aliphatic rings. The average molecular weight is 242 g/mol. The van der Waals surface area contributed by atoms with Crippen molar-refractivity contribution in [1.82, 2.24) is 0 Å². The van der Waals surface area contributed by atoms with Gasteiger partial charge in [0.2, 0.25) is 0 Å². The smallest absolute Gasteiger partial charge is 0.121 e. The minimum absolute atomic E-state index is 0.743. The molecular weight excluding hydrogens is 234 g/mol. The van der Waals surface area contributed by atoms with Crippen LogP contribution in [0.3, 0.4) is 0 Å². The fourth-order valence-corrected chi connectivity index (χ4v) is 1.74. The Morgan fingerprint density at radius 2 is 1.90 bits per heavy atom. The lowest BCUT2D eigenvalue weighted by Gasteiger charge is -2.18. The standard InChI is InChI=1S/C5H8Cl4S/c1-2-3-10-5(8,9)4(6)7/h4H,2-3H2,1H3. The van der Waals surface area contributed by atoms with E-state index < -0.39 is 8.50 Å². The van der Waals surface area contributed by atoms with Gasteiger partial charge in [-0.25, -0.2) is 0 Å². The molecule has 0 nitrogen and oxygen atoms in total. The lowest BCUT2D eigenvalue weighted by atomic mass is 10.6. The van der Waals surface area contributed by atoms with Gasteiger partial charge in [-0.05, 0) is 12.2 Å². The van der Waals surface area contributed by atoms with E-state index in [1.807, 2.05) is 6.92 Å². The van der Waals surface area contributed by atoms with Gasteiger partial charge >= 0.3 is 0 Å². The molecule has 0 aromatic heterocycles. The summed E-state index contributed by atoms with van der Waals surface area (Å²) in [4.78, 5) is -0.743. The van der Waals surface area contributed by atoms with E-state index in [2.05, 4.69) is 0 Å². The lowest BCUT2D eigenvalue weighted by Crippen LogP contribution is -2.17. The summed E-state index contributed by atoms with van der Waals surface area (Å²) in [6.45, 7) is 2.04. The van der Waals surface area contributed by atoms with Crippen LogP contribution < -0.4 is 0 Å². The van der Waals surface area contributed by atoms with Crippen LogP contribution in [-0.4, -0.2) is 14.3 Å². The molecule has 0 spiro atoms. The predicted octanol–water partition coefficient (Wildman–Crippen LogP) is 4.06. The Morgan fingerprint density at radius 3 is 2.20 bits per heavy atom. The number of hydrogen-bond acceptors (Lipinski definition) is 1. The summed E-state index contributed by atoms with van der Waals surface area (Å²) < 4.78 is -1.06. The van der Waals surface area contributed by atoms with E-state index in [0.29, 0.717) is 0 Å². The van der Waals surface area contributed by atoms with Gasteiger partial charge in [0.1, 0.15) is 4.84 Å². The summed E-state index contributed by atoms with van der Waals surface area (Å²) in [7, 11) is 0. The summed E-state index contributed by atoms with van der Waals surface area (Å²) in [5.41, 5.74) is 0. The third-order valence-electron chi connectivity index (χ3n) is 0.753. The van der Waals surface area contributed by atoms with Crippen molar-refractivity contribution in [2.24, 2.45) is 0 Å². The zero-order valence-corrected chi connectivity index (χ0v) is 9.25. The molecule has 0 saturated heterocycles. The van der Waals surface area contributed by atoms with E-state index in [1.165, 1.54) is 11.8 Å². The van der Waals surface area contributed by atoms with Crippen LogP contribution >= 0.6 is 58.2 Å². The predicted molar refractivity (Wildman–Crippen MR) is 52.7 cm³/mol. The molecule has 0 unspecified atom stereocenters. The summed E-state index contributed by atoms with van der Waals surface area (Å²) in [6.07, 6.45) is 1.01. The summed E-state index contributed by atoms with van der Waals surface area (Å²) >= 11 is 23.8. The second-order valence-corrected chi connectivity index (χ2v) is 5.98. The fraction of sp³-hybridized carbons (Fsp3) is 1.00. The Balaban J connectivity index is 3.63. The van der Waals surface area contributed by atoms with Gasteiger partial charge in [0.15, 0.2) is 3.67 Å². The summed E-state index contributed by atoms with van der Waals surface area (Å²) in [5, 5.41) is 0. The molecule has 0 fully saturated rings. The second kappa shape index (κ2) is 5.21. The molecule has 0 radical (unpaired) electrons. The Morgan fingerprint density at radius 1 is 1.40 bits per heavy atom. The Bertz CT molecular complexity index is 93.6. The zero-order valence-electron chi connectivity index (χ0n) is 5.41. The lowest BCUT2D eigenvalue weighted by molar-refractivity contribution is 1.09. The monoisotopic (exact) mass is 240 g/mol. The van der Waals surface area contributed by atoms with E-state index in [4.69, 9.17) is 46.4 Å². The largest absolute Gasteiger partial charge is 0.193 e. The van der Waals surface area contributed by atoms with Crippen molar-refractivity contribution in [3.63, 3.8) is 0 Å². The molecule has 5 heteroatoms. The van der Waals surface area contributed by atoms with Crippen LogP contribution in [0.1, 0.15) is 13.3 Å². The number of rotatable bonds is 4. The molecule has 0 heterocycles. The molecule has 0 aliphatic carbocycles. The first-order valence-corrected chi connectivity index (χ1v) is 5.42. The van der Waals surface area contributed by atoms with Crippen LogP contribution in [0.4, 0.5) is 0 Å². The molecule has 0 atom stereocenters. The van der Waals surface area contributed by atoms with Crippen LogP contribution in [0, 0.1) is 0 Å². The molecule has 0 saturated carbocycles. The molecule has 10 heavy (non-hydrogen) atoms. The zero-order chi connectivity index (χ0) is 8.20. The molecule has 0 amide bonds. The molecule has 0 aromatic rings. The minimum Gasteiger partial charge on any atom is -0.121 e. The van der Waals surface area contributed by atoms with Crippen molar-refractivity contribution in [2.45, 2.75) is 21.8 Å². The van der Waals surface area contributed by atoms with Gasteiger partial charge < -0.3 is 0 Å². The highest BCUT2D eigenvalue weighted by molar-refractivity contribution is 8.03. The normalized spacial score (nSPS) is 12.6. The maximum Gasteiger partial charge on any atom is 0.193 e. The van der Waals surface area contributed by atoms with Crippen molar-refractivity contribution in [3.05, 3.63) is 0 Å². The SMILES string of the molecule is CCCSC(Cl)(Cl)C(Cl)Cl. The van der Waals surface area contributed by atoms with Crippen molar-refractivity contribution in [2.75, 3.05) is 5.75 Å². The second-order valence-electron chi connectivity index (χ2n) is 1.71. The third-order valence-corrected chi connectivity index (χ3v) is 4.44. The number of alkyl halides is 4. The maximum atomic E-state index is 5.71. The van der Waals surface area contributed by atoms with Crippen LogP contribution in [0.5, 0.6) is 0 Å². The van der Waals surface area contributed by atoms with E-state index in [1.54, 1.807) is 0 Å². The molecule has 62 valence electrons. The van der Waals surface area contributed by atoms with E-state index in [-0.39, 0.29) is 0 Å². The van der Waals surface area contributed by atoms with Crippen molar-refractivity contribution in [3.8, 4) is 0 Å². The van der Waals surface area contributed by atoms with Gasteiger partial charge in [-0.1, -0.05) is 30.1 Å². The number of halogens is 4. The fourth-order valence-electron chi connectivity index (χ4n) is 0.301. The molecule has 0 bridgehead atoms. The van der Waals surface area contributed by atoms with Gasteiger partial charge in [-0.15, -0.1) is 35.0 Å². The Kier molecular flexibility index (Phi) is 5.99. The third kappa shape index (κ3) is 4.40. The van der Waals surface area contributed by atoms with Crippen LogP contribution in [-0.2, 0) is 0 Å². The quantitative estimate of drug-likeness (QED) is 0.669. The highest BCUT2D eigenvalue weighted by atomic mass is 35.5. The van der Waals surface area contributed by atoms with Gasteiger partial charge in [0.05, 0.1) is 0 Å². The summed E-state index contributed by atoms with van der Waals surface area (Å²) in [5.74, 6) is 0.864. The van der Waals surface area contributed by atoms with E-state index >= 15 is 0 Å². The van der Waals surface area contributed by atoms with Crippen molar-refractivity contribution in [1.29, 1.82) is 0 Å². The minimum atomic E-state index is -1.06.